The highest BCUT2D eigenvalue weighted by Crippen LogP contribution is 2.31. The van der Waals surface area contributed by atoms with Gasteiger partial charge >= 0.3 is 0 Å². The second-order valence-electron chi connectivity index (χ2n) is 4.00. The molecular weight excluding hydrogens is 191 g/mol. The molecule has 1 aliphatic heterocycles. The van der Waals surface area contributed by atoms with Gasteiger partial charge in [0.2, 0.25) is 0 Å². The summed E-state index contributed by atoms with van der Waals surface area (Å²) in [7, 11) is 0. The lowest BCUT2D eigenvalue weighted by Gasteiger charge is -2.02. The fraction of sp³-hybridized carbons (Fsp3) is 0.333. The Morgan fingerprint density at radius 3 is 2.80 bits per heavy atom. The maximum atomic E-state index is 13.6. The smallest absolute Gasteiger partial charge is 0.130 e. The molecule has 2 rings (SSSR count). The maximum absolute atomic E-state index is 13.6. The van der Waals surface area contributed by atoms with E-state index in [0.717, 1.165) is 5.71 Å². The summed E-state index contributed by atoms with van der Waals surface area (Å²) in [5.41, 5.74) is 2.56. The Hall–Kier alpha value is -1.69. The van der Waals surface area contributed by atoms with Crippen LogP contribution in [0.3, 0.4) is 0 Å². The molecule has 0 N–H and O–H groups in total. The number of halogens is 1. The van der Waals surface area contributed by atoms with Crippen LogP contribution in [0.15, 0.2) is 17.1 Å². The average molecular weight is 202 g/mol. The van der Waals surface area contributed by atoms with Gasteiger partial charge in [-0.1, -0.05) is 13.8 Å². The van der Waals surface area contributed by atoms with E-state index in [1.165, 1.54) is 6.07 Å². The van der Waals surface area contributed by atoms with Gasteiger partial charge in [0.1, 0.15) is 5.82 Å². The Morgan fingerprint density at radius 2 is 2.20 bits per heavy atom. The highest BCUT2D eigenvalue weighted by atomic mass is 19.1. The third kappa shape index (κ3) is 1.63. The van der Waals surface area contributed by atoms with Crippen molar-refractivity contribution < 1.29 is 4.39 Å². The molecule has 0 radical (unpaired) electrons. The van der Waals surface area contributed by atoms with Crippen LogP contribution in [0.4, 0.5) is 10.1 Å². The van der Waals surface area contributed by atoms with E-state index in [9.17, 15) is 4.39 Å². The van der Waals surface area contributed by atoms with Crippen molar-refractivity contribution in [3.63, 3.8) is 0 Å². The van der Waals surface area contributed by atoms with Crippen LogP contribution < -0.4 is 0 Å². The van der Waals surface area contributed by atoms with Gasteiger partial charge in [-0.25, -0.2) is 4.39 Å². The molecule has 0 fully saturated rings. The monoisotopic (exact) mass is 202 g/mol. The number of rotatable bonds is 1. The Balaban J connectivity index is 2.49. The van der Waals surface area contributed by atoms with Crippen LogP contribution in [0.2, 0.25) is 0 Å². The SMILES string of the molecule is CC(C)C1=Nc2cc(C#N)cc(F)c2C1. The highest BCUT2D eigenvalue weighted by Gasteiger charge is 2.21. The molecule has 76 valence electrons. The molecule has 0 aromatic heterocycles. The molecule has 15 heavy (non-hydrogen) atoms. The van der Waals surface area contributed by atoms with E-state index in [1.807, 2.05) is 19.9 Å². The summed E-state index contributed by atoms with van der Waals surface area (Å²) in [5.74, 6) is 0.00536. The summed E-state index contributed by atoms with van der Waals surface area (Å²) in [4.78, 5) is 4.35. The number of benzene rings is 1. The largest absolute Gasteiger partial charge is 0.257 e. The van der Waals surface area contributed by atoms with Crippen molar-refractivity contribution in [3.8, 4) is 6.07 Å². The van der Waals surface area contributed by atoms with Crippen molar-refractivity contribution in [2.45, 2.75) is 20.3 Å². The second kappa shape index (κ2) is 3.47. The number of hydrogen-bond donors (Lipinski definition) is 0. The summed E-state index contributed by atoms with van der Waals surface area (Å²) in [6.45, 7) is 4.07. The summed E-state index contributed by atoms with van der Waals surface area (Å²) in [5, 5.41) is 8.70. The molecular formula is C12H11FN2. The van der Waals surface area contributed by atoms with Gasteiger partial charge in [0, 0.05) is 17.7 Å². The predicted octanol–water partition coefficient (Wildman–Crippen LogP) is 2.98. The van der Waals surface area contributed by atoms with E-state index in [4.69, 9.17) is 5.26 Å². The van der Waals surface area contributed by atoms with E-state index < -0.39 is 0 Å². The first-order valence-corrected chi connectivity index (χ1v) is 4.91. The van der Waals surface area contributed by atoms with E-state index in [2.05, 4.69) is 4.99 Å². The third-order valence-corrected chi connectivity index (χ3v) is 2.59. The standard InChI is InChI=1S/C12H11FN2/c1-7(2)11-5-9-10(13)3-8(6-14)4-12(9)15-11/h3-4,7H,5H2,1-2H3. The molecule has 0 spiro atoms. The minimum atomic E-state index is -0.316. The Kier molecular flexibility index (Phi) is 2.28. The van der Waals surface area contributed by atoms with E-state index in [0.29, 0.717) is 29.2 Å². The molecule has 1 heterocycles. The maximum Gasteiger partial charge on any atom is 0.130 e. The topological polar surface area (TPSA) is 36.1 Å². The third-order valence-electron chi connectivity index (χ3n) is 2.59. The zero-order valence-corrected chi connectivity index (χ0v) is 8.71. The van der Waals surface area contributed by atoms with Gasteiger partial charge in [0.15, 0.2) is 0 Å². The zero-order valence-electron chi connectivity index (χ0n) is 8.71. The summed E-state index contributed by atoms with van der Waals surface area (Å²) in [6.07, 6.45) is 0.574. The fourth-order valence-corrected chi connectivity index (χ4v) is 1.67. The summed E-state index contributed by atoms with van der Waals surface area (Å²) in [6, 6.07) is 4.85. The number of nitrogens with zero attached hydrogens (tertiary/aromatic N) is 2. The van der Waals surface area contributed by atoms with Crippen LogP contribution in [-0.2, 0) is 6.42 Å². The molecule has 2 nitrogen and oxygen atoms in total. The van der Waals surface area contributed by atoms with Crippen molar-refractivity contribution in [2.75, 3.05) is 0 Å². The summed E-state index contributed by atoms with van der Waals surface area (Å²) >= 11 is 0. The molecule has 0 saturated heterocycles. The molecule has 0 unspecified atom stereocenters. The Labute approximate surface area is 88.1 Å². The zero-order chi connectivity index (χ0) is 11.0. The van der Waals surface area contributed by atoms with Crippen LogP contribution in [-0.4, -0.2) is 5.71 Å². The van der Waals surface area contributed by atoms with Crippen LogP contribution in [0.1, 0.15) is 25.0 Å². The van der Waals surface area contributed by atoms with Gasteiger partial charge in [0.05, 0.1) is 17.3 Å². The van der Waals surface area contributed by atoms with Gasteiger partial charge in [-0.2, -0.15) is 5.26 Å². The second-order valence-corrected chi connectivity index (χ2v) is 4.00. The molecule has 0 saturated carbocycles. The van der Waals surface area contributed by atoms with Crippen molar-refractivity contribution in [3.05, 3.63) is 29.1 Å². The van der Waals surface area contributed by atoms with Crippen molar-refractivity contribution in [1.29, 1.82) is 5.26 Å². The first-order valence-electron chi connectivity index (χ1n) is 4.91. The van der Waals surface area contributed by atoms with Gasteiger partial charge in [-0.05, 0) is 18.1 Å². The van der Waals surface area contributed by atoms with E-state index in [-0.39, 0.29) is 5.82 Å². The average Bonchev–Trinajstić information content (AvgIpc) is 2.61. The highest BCUT2D eigenvalue weighted by molar-refractivity contribution is 5.95. The fourth-order valence-electron chi connectivity index (χ4n) is 1.67. The molecule has 0 atom stereocenters. The minimum absolute atomic E-state index is 0.316. The predicted molar refractivity (Wildman–Crippen MR) is 56.8 cm³/mol. The van der Waals surface area contributed by atoms with Gasteiger partial charge in [-0.15, -0.1) is 0 Å². The van der Waals surface area contributed by atoms with Crippen molar-refractivity contribution >= 4 is 11.4 Å². The quantitative estimate of drug-likeness (QED) is 0.689. The number of aliphatic imine (C=N–C) groups is 1. The molecule has 0 amide bonds. The van der Waals surface area contributed by atoms with Crippen LogP contribution in [0.25, 0.3) is 0 Å². The lowest BCUT2D eigenvalue weighted by atomic mass is 10.0. The number of nitriles is 1. The molecule has 1 aromatic carbocycles. The minimum Gasteiger partial charge on any atom is -0.257 e. The number of fused-ring (bicyclic) bond motifs is 1. The number of hydrogen-bond acceptors (Lipinski definition) is 2. The van der Waals surface area contributed by atoms with Gasteiger partial charge in [0.25, 0.3) is 0 Å². The summed E-state index contributed by atoms with van der Waals surface area (Å²) < 4.78 is 13.6. The van der Waals surface area contributed by atoms with E-state index in [1.54, 1.807) is 6.07 Å². The first kappa shape index (κ1) is 9.85. The molecule has 1 aliphatic rings. The molecule has 3 heteroatoms. The molecule has 0 aliphatic carbocycles. The van der Waals surface area contributed by atoms with Gasteiger partial charge < -0.3 is 0 Å². The molecule has 1 aromatic rings. The Bertz CT molecular complexity index is 481. The van der Waals surface area contributed by atoms with Crippen molar-refractivity contribution in [1.82, 2.24) is 0 Å². The van der Waals surface area contributed by atoms with E-state index >= 15 is 0 Å². The Morgan fingerprint density at radius 1 is 1.47 bits per heavy atom. The van der Waals surface area contributed by atoms with Crippen molar-refractivity contribution in [2.24, 2.45) is 10.9 Å². The normalized spacial score (nSPS) is 13.7. The lowest BCUT2D eigenvalue weighted by Crippen LogP contribution is -2.07. The van der Waals surface area contributed by atoms with Gasteiger partial charge in [-0.3, -0.25) is 4.99 Å². The first-order chi connectivity index (χ1) is 7.11. The lowest BCUT2D eigenvalue weighted by molar-refractivity contribution is 0.617. The van der Waals surface area contributed by atoms with Crippen LogP contribution >= 0.6 is 0 Å². The van der Waals surface area contributed by atoms with Crippen LogP contribution in [0.5, 0.6) is 0 Å². The van der Waals surface area contributed by atoms with Crippen LogP contribution in [0, 0.1) is 23.1 Å². The molecule has 0 bridgehead atoms.